The molecule has 0 saturated carbocycles. The fourth-order valence-corrected chi connectivity index (χ4v) is 2.60. The van der Waals surface area contributed by atoms with E-state index in [9.17, 15) is 5.11 Å². The summed E-state index contributed by atoms with van der Waals surface area (Å²) in [6, 6.07) is 13.9. The normalized spacial score (nSPS) is 11.8. The van der Waals surface area contributed by atoms with Crippen LogP contribution in [0.15, 0.2) is 73.3 Å². The van der Waals surface area contributed by atoms with Crippen LogP contribution in [0.4, 0.5) is 0 Å². The Hall–Kier alpha value is -2.54. The molecule has 0 amide bonds. The molecular formula is C22H24O. The molecular weight excluding hydrogens is 280 g/mol. The predicted octanol–water partition coefficient (Wildman–Crippen LogP) is 5.63. The Balaban J connectivity index is 2.17. The number of aromatic hydroxyl groups is 1. The molecule has 0 aliphatic rings. The molecule has 1 heteroatoms. The molecule has 2 rings (SSSR count). The lowest BCUT2D eigenvalue weighted by Crippen LogP contribution is -1.89. The summed E-state index contributed by atoms with van der Waals surface area (Å²) < 4.78 is 0. The van der Waals surface area contributed by atoms with E-state index >= 15 is 0 Å². The van der Waals surface area contributed by atoms with E-state index in [0.29, 0.717) is 5.75 Å². The summed E-state index contributed by atoms with van der Waals surface area (Å²) in [4.78, 5) is 0. The van der Waals surface area contributed by atoms with Crippen molar-refractivity contribution in [1.29, 1.82) is 0 Å². The van der Waals surface area contributed by atoms with Crippen LogP contribution in [0.5, 0.6) is 5.75 Å². The Labute approximate surface area is 139 Å². The van der Waals surface area contributed by atoms with Crippen LogP contribution in [0.1, 0.15) is 29.2 Å². The van der Waals surface area contributed by atoms with Gasteiger partial charge in [0.2, 0.25) is 0 Å². The van der Waals surface area contributed by atoms with Crippen LogP contribution in [0, 0.1) is 6.92 Å². The molecule has 0 fully saturated rings. The lowest BCUT2D eigenvalue weighted by atomic mass is 9.97. The summed E-state index contributed by atoms with van der Waals surface area (Å²) in [7, 11) is 0. The van der Waals surface area contributed by atoms with Crippen molar-refractivity contribution in [3.8, 4) is 5.75 Å². The minimum absolute atomic E-state index is 0.302. The third-order valence-electron chi connectivity index (χ3n) is 3.94. The van der Waals surface area contributed by atoms with Crippen molar-refractivity contribution in [1.82, 2.24) is 0 Å². The minimum atomic E-state index is 0.302. The first-order chi connectivity index (χ1) is 11.1. The fraction of sp³-hybridized carbons (Fsp3) is 0.182. The van der Waals surface area contributed by atoms with Gasteiger partial charge in [-0.1, -0.05) is 68.1 Å². The summed E-state index contributed by atoms with van der Waals surface area (Å²) in [5.74, 6) is 0.302. The van der Waals surface area contributed by atoms with Crippen molar-refractivity contribution in [2.45, 2.75) is 26.7 Å². The number of hydrogen-bond donors (Lipinski definition) is 1. The zero-order valence-electron chi connectivity index (χ0n) is 13.9. The average molecular weight is 304 g/mol. The van der Waals surface area contributed by atoms with Gasteiger partial charge in [-0.2, -0.15) is 0 Å². The average Bonchev–Trinajstić information content (AvgIpc) is 2.56. The molecule has 0 atom stereocenters. The number of allylic oxidation sites excluding steroid dienone is 5. The summed E-state index contributed by atoms with van der Waals surface area (Å²) in [5, 5.41) is 9.32. The molecule has 0 spiro atoms. The first-order valence-electron chi connectivity index (χ1n) is 8.01. The second kappa shape index (κ2) is 8.19. The molecule has 23 heavy (non-hydrogen) atoms. The van der Waals surface area contributed by atoms with Gasteiger partial charge in [0, 0.05) is 0 Å². The smallest absolute Gasteiger partial charge is 0.115 e. The summed E-state index contributed by atoms with van der Waals surface area (Å²) in [5.41, 5.74) is 6.26. The van der Waals surface area contributed by atoms with Gasteiger partial charge in [-0.05, 0) is 59.7 Å². The lowest BCUT2D eigenvalue weighted by Gasteiger charge is -2.08. The van der Waals surface area contributed by atoms with Crippen LogP contribution in [-0.4, -0.2) is 5.11 Å². The van der Waals surface area contributed by atoms with E-state index in [1.165, 1.54) is 22.3 Å². The van der Waals surface area contributed by atoms with Gasteiger partial charge in [0.05, 0.1) is 0 Å². The molecule has 0 aliphatic carbocycles. The first kappa shape index (κ1) is 16.8. The van der Waals surface area contributed by atoms with Gasteiger partial charge in [-0.25, -0.2) is 0 Å². The molecule has 1 N–H and O–H groups in total. The van der Waals surface area contributed by atoms with Gasteiger partial charge < -0.3 is 5.11 Å². The van der Waals surface area contributed by atoms with Crippen LogP contribution >= 0.6 is 0 Å². The van der Waals surface area contributed by atoms with Crippen molar-refractivity contribution in [3.63, 3.8) is 0 Å². The Morgan fingerprint density at radius 1 is 1.13 bits per heavy atom. The van der Waals surface area contributed by atoms with Crippen molar-refractivity contribution in [2.75, 3.05) is 0 Å². The molecule has 2 aromatic rings. The largest absolute Gasteiger partial charge is 0.508 e. The van der Waals surface area contributed by atoms with Gasteiger partial charge in [-0.15, -0.1) is 0 Å². The van der Waals surface area contributed by atoms with E-state index in [4.69, 9.17) is 0 Å². The van der Waals surface area contributed by atoms with Crippen LogP contribution in [0.3, 0.4) is 0 Å². The van der Waals surface area contributed by atoms with E-state index in [1.807, 2.05) is 24.3 Å². The number of benzene rings is 2. The highest BCUT2D eigenvalue weighted by Gasteiger charge is 2.01. The van der Waals surface area contributed by atoms with Gasteiger partial charge in [0.25, 0.3) is 0 Å². The van der Waals surface area contributed by atoms with E-state index in [0.717, 1.165) is 18.4 Å². The van der Waals surface area contributed by atoms with E-state index in [1.54, 1.807) is 12.1 Å². The molecule has 0 bridgehead atoms. The van der Waals surface area contributed by atoms with Crippen molar-refractivity contribution >= 4 is 5.57 Å². The van der Waals surface area contributed by atoms with Gasteiger partial charge in [0.1, 0.15) is 5.75 Å². The monoisotopic (exact) mass is 304 g/mol. The van der Waals surface area contributed by atoms with E-state index in [2.05, 4.69) is 50.8 Å². The van der Waals surface area contributed by atoms with Crippen molar-refractivity contribution in [3.05, 3.63) is 95.6 Å². The molecule has 0 aliphatic heterocycles. The Kier molecular flexibility index (Phi) is 5.99. The molecule has 0 radical (unpaired) electrons. The van der Waals surface area contributed by atoms with Crippen LogP contribution in [0.2, 0.25) is 0 Å². The second-order valence-electron chi connectivity index (χ2n) is 5.63. The van der Waals surface area contributed by atoms with Crippen LogP contribution in [-0.2, 0) is 12.8 Å². The zero-order valence-corrected chi connectivity index (χ0v) is 13.9. The summed E-state index contributed by atoms with van der Waals surface area (Å²) in [6.07, 6.45) is 10.0. The Bertz CT molecular complexity index is 718. The quantitative estimate of drug-likeness (QED) is 0.686. The molecule has 0 aromatic heterocycles. The highest BCUT2D eigenvalue weighted by Crippen LogP contribution is 2.21. The minimum Gasteiger partial charge on any atom is -0.508 e. The Morgan fingerprint density at radius 3 is 2.48 bits per heavy atom. The highest BCUT2D eigenvalue weighted by molar-refractivity contribution is 5.75. The number of rotatable bonds is 6. The van der Waals surface area contributed by atoms with Crippen molar-refractivity contribution < 1.29 is 5.11 Å². The SMILES string of the molecule is C=C/C=C(\C=C/Cc1ccc(O)cc1)c1ccc(CC)c(C)c1. The maximum absolute atomic E-state index is 9.32. The highest BCUT2D eigenvalue weighted by atomic mass is 16.3. The maximum atomic E-state index is 9.32. The van der Waals surface area contributed by atoms with E-state index in [-0.39, 0.29) is 0 Å². The molecule has 0 saturated heterocycles. The van der Waals surface area contributed by atoms with Gasteiger partial charge in [0.15, 0.2) is 0 Å². The maximum Gasteiger partial charge on any atom is 0.115 e. The van der Waals surface area contributed by atoms with Crippen LogP contribution in [0.25, 0.3) is 5.57 Å². The second-order valence-corrected chi connectivity index (χ2v) is 5.63. The molecule has 0 heterocycles. The van der Waals surface area contributed by atoms with Gasteiger partial charge in [-0.3, -0.25) is 0 Å². The third kappa shape index (κ3) is 4.72. The molecule has 2 aromatic carbocycles. The number of aryl methyl sites for hydroxylation is 2. The summed E-state index contributed by atoms with van der Waals surface area (Å²) >= 11 is 0. The molecule has 118 valence electrons. The van der Waals surface area contributed by atoms with Gasteiger partial charge >= 0.3 is 0 Å². The number of hydrogen-bond acceptors (Lipinski definition) is 1. The topological polar surface area (TPSA) is 20.2 Å². The zero-order chi connectivity index (χ0) is 16.7. The molecule has 0 unspecified atom stereocenters. The fourth-order valence-electron chi connectivity index (χ4n) is 2.60. The Morgan fingerprint density at radius 2 is 1.87 bits per heavy atom. The molecule has 1 nitrogen and oxygen atoms in total. The lowest BCUT2D eigenvalue weighted by molar-refractivity contribution is 0.475. The van der Waals surface area contributed by atoms with Crippen LogP contribution < -0.4 is 0 Å². The third-order valence-corrected chi connectivity index (χ3v) is 3.94. The first-order valence-corrected chi connectivity index (χ1v) is 8.01. The van der Waals surface area contributed by atoms with Crippen molar-refractivity contribution in [2.24, 2.45) is 0 Å². The number of phenols is 1. The number of phenolic OH excluding ortho intramolecular Hbond substituents is 1. The predicted molar refractivity (Wildman–Crippen MR) is 99.7 cm³/mol. The van der Waals surface area contributed by atoms with E-state index < -0.39 is 0 Å². The summed E-state index contributed by atoms with van der Waals surface area (Å²) in [6.45, 7) is 8.16. The standard InChI is InChI=1S/C22H24O/c1-4-7-20(21-13-12-19(5-2)17(3)16-21)9-6-8-18-10-14-22(23)15-11-18/h4,6-7,9-16,23H,1,5,8H2,2-3H3/b9-6-,20-7+.